The van der Waals surface area contributed by atoms with Crippen LogP contribution in [0.15, 0.2) is 4.79 Å². The maximum absolute atomic E-state index is 12.3. The number of hydrogen-bond donors (Lipinski definition) is 3. The van der Waals surface area contributed by atoms with Crippen molar-refractivity contribution in [2.75, 3.05) is 6.54 Å². The molecular formula is C18H26N4O2S. The second-order valence-electron chi connectivity index (χ2n) is 6.93. The number of rotatable bonds is 5. The second kappa shape index (κ2) is 7.66. The fraction of sp³-hybridized carbons (Fsp3) is 0.611. The summed E-state index contributed by atoms with van der Waals surface area (Å²) in [4.78, 5) is 33.8. The first-order chi connectivity index (χ1) is 12.0. The van der Waals surface area contributed by atoms with E-state index in [4.69, 9.17) is 5.73 Å². The number of nitrogens with zero attached hydrogens (tertiary/aromatic N) is 1. The Labute approximate surface area is 151 Å². The van der Waals surface area contributed by atoms with Gasteiger partial charge in [-0.25, -0.2) is 4.98 Å². The third-order valence-electron chi connectivity index (χ3n) is 5.24. The van der Waals surface area contributed by atoms with Crippen molar-refractivity contribution in [2.24, 2.45) is 11.7 Å². The van der Waals surface area contributed by atoms with Crippen LogP contribution in [0.25, 0.3) is 10.2 Å². The Bertz CT molecular complexity index is 826. The predicted octanol–water partition coefficient (Wildman–Crippen LogP) is 2.17. The Morgan fingerprint density at radius 1 is 1.36 bits per heavy atom. The van der Waals surface area contributed by atoms with E-state index >= 15 is 0 Å². The van der Waals surface area contributed by atoms with Crippen molar-refractivity contribution in [3.8, 4) is 0 Å². The molecule has 7 heteroatoms. The molecule has 0 radical (unpaired) electrons. The van der Waals surface area contributed by atoms with Gasteiger partial charge in [0.15, 0.2) is 0 Å². The maximum atomic E-state index is 12.3. The van der Waals surface area contributed by atoms with E-state index in [1.54, 1.807) is 0 Å². The van der Waals surface area contributed by atoms with E-state index in [2.05, 4.69) is 15.3 Å². The smallest absolute Gasteiger partial charge is 0.259 e. The molecule has 2 unspecified atom stereocenters. The quantitative estimate of drug-likeness (QED) is 0.759. The highest BCUT2D eigenvalue weighted by Gasteiger charge is 2.25. The first-order valence-corrected chi connectivity index (χ1v) is 9.79. The van der Waals surface area contributed by atoms with Crippen LogP contribution in [0.3, 0.4) is 0 Å². The van der Waals surface area contributed by atoms with Crippen molar-refractivity contribution in [3.05, 3.63) is 26.6 Å². The summed E-state index contributed by atoms with van der Waals surface area (Å²) < 4.78 is 0. The zero-order chi connectivity index (χ0) is 18.0. The molecule has 1 aliphatic rings. The van der Waals surface area contributed by atoms with Gasteiger partial charge < -0.3 is 16.0 Å². The maximum Gasteiger partial charge on any atom is 0.259 e. The summed E-state index contributed by atoms with van der Waals surface area (Å²) in [5, 5.41) is 3.79. The molecule has 1 aliphatic carbocycles. The first kappa shape index (κ1) is 18.1. The first-order valence-electron chi connectivity index (χ1n) is 8.98. The summed E-state index contributed by atoms with van der Waals surface area (Å²) in [6, 6.07) is 0.184. The lowest BCUT2D eigenvalue weighted by atomic mass is 9.84. The minimum Gasteiger partial charge on any atom is -0.353 e. The summed E-state index contributed by atoms with van der Waals surface area (Å²) in [6.07, 6.45) is 5.19. The van der Waals surface area contributed by atoms with Crippen LogP contribution in [0.5, 0.6) is 0 Å². The van der Waals surface area contributed by atoms with Crippen LogP contribution in [-0.4, -0.2) is 28.5 Å². The fourth-order valence-corrected chi connectivity index (χ4v) is 4.66. The summed E-state index contributed by atoms with van der Waals surface area (Å²) in [6.45, 7) is 4.55. The molecule has 0 aromatic carbocycles. The van der Waals surface area contributed by atoms with Crippen LogP contribution in [-0.2, 0) is 11.2 Å². The van der Waals surface area contributed by atoms with Gasteiger partial charge in [0.1, 0.15) is 10.7 Å². The molecule has 136 valence electrons. The topological polar surface area (TPSA) is 101 Å². The van der Waals surface area contributed by atoms with Crippen LogP contribution in [0.4, 0.5) is 0 Å². The van der Waals surface area contributed by atoms with Gasteiger partial charge in [0.05, 0.1) is 5.39 Å². The van der Waals surface area contributed by atoms with Gasteiger partial charge in [-0.15, -0.1) is 11.3 Å². The van der Waals surface area contributed by atoms with E-state index in [0.29, 0.717) is 36.5 Å². The van der Waals surface area contributed by atoms with Crippen LogP contribution in [0, 0.1) is 19.8 Å². The number of H-pyrrole nitrogens is 1. The molecule has 2 aromatic heterocycles. The molecule has 0 bridgehead atoms. The summed E-state index contributed by atoms with van der Waals surface area (Å²) in [7, 11) is 0. The number of hydrogen-bond acceptors (Lipinski definition) is 5. The Balaban J connectivity index is 1.64. The molecule has 2 atom stereocenters. The van der Waals surface area contributed by atoms with Gasteiger partial charge in [-0.3, -0.25) is 9.59 Å². The van der Waals surface area contributed by atoms with Gasteiger partial charge >= 0.3 is 0 Å². The van der Waals surface area contributed by atoms with Crippen molar-refractivity contribution >= 4 is 27.5 Å². The molecule has 2 heterocycles. The fourth-order valence-electron chi connectivity index (χ4n) is 3.61. The monoisotopic (exact) mass is 362 g/mol. The minimum absolute atomic E-state index is 0.00615. The Kier molecular flexibility index (Phi) is 5.54. The number of amides is 1. The molecule has 1 fully saturated rings. The molecule has 2 aromatic rings. The van der Waals surface area contributed by atoms with Crippen molar-refractivity contribution in [1.29, 1.82) is 0 Å². The standard InChI is InChI=1S/C18H26N4O2S/c1-10-11(2)25-18-16(10)17(24)21-14(22-18)7-8-15(23)20-13-6-4-3-5-12(13)9-19/h12-13H,3-9,19H2,1-2H3,(H,20,23)(H,21,22,24). The zero-order valence-electron chi connectivity index (χ0n) is 14.9. The second-order valence-corrected chi connectivity index (χ2v) is 8.13. The number of nitrogens with two attached hydrogens (primary N) is 1. The van der Waals surface area contributed by atoms with E-state index in [1.807, 2.05) is 13.8 Å². The Morgan fingerprint density at radius 2 is 2.12 bits per heavy atom. The van der Waals surface area contributed by atoms with E-state index in [9.17, 15) is 9.59 Å². The molecule has 0 aliphatic heterocycles. The van der Waals surface area contributed by atoms with E-state index in [1.165, 1.54) is 17.8 Å². The lowest BCUT2D eigenvalue weighted by Crippen LogP contribution is -2.44. The summed E-state index contributed by atoms with van der Waals surface area (Å²) >= 11 is 1.53. The van der Waals surface area contributed by atoms with Gasteiger partial charge in [-0.1, -0.05) is 12.8 Å². The van der Waals surface area contributed by atoms with E-state index < -0.39 is 0 Å². The molecule has 0 saturated heterocycles. The largest absolute Gasteiger partial charge is 0.353 e. The van der Waals surface area contributed by atoms with Gasteiger partial charge in [0, 0.05) is 23.8 Å². The van der Waals surface area contributed by atoms with E-state index in [0.717, 1.165) is 34.5 Å². The number of aromatic nitrogens is 2. The molecule has 3 rings (SSSR count). The number of carbonyl (C=O) groups excluding carboxylic acids is 1. The molecule has 25 heavy (non-hydrogen) atoms. The molecule has 0 spiro atoms. The molecule has 4 N–H and O–H groups in total. The number of fused-ring (bicyclic) bond motifs is 1. The third-order valence-corrected chi connectivity index (χ3v) is 6.34. The number of nitrogens with one attached hydrogen (secondary N) is 2. The highest BCUT2D eigenvalue weighted by Crippen LogP contribution is 2.26. The van der Waals surface area contributed by atoms with Crippen molar-refractivity contribution in [2.45, 2.75) is 58.4 Å². The van der Waals surface area contributed by atoms with Crippen LogP contribution < -0.4 is 16.6 Å². The van der Waals surface area contributed by atoms with E-state index in [-0.39, 0.29) is 17.5 Å². The summed E-state index contributed by atoms with van der Waals surface area (Å²) in [5.41, 5.74) is 6.69. The summed E-state index contributed by atoms with van der Waals surface area (Å²) in [5.74, 6) is 0.962. The molecular weight excluding hydrogens is 336 g/mol. The normalized spacial score (nSPS) is 20.8. The third kappa shape index (κ3) is 3.93. The zero-order valence-corrected chi connectivity index (χ0v) is 15.7. The van der Waals surface area contributed by atoms with Crippen LogP contribution in [0.2, 0.25) is 0 Å². The Morgan fingerprint density at radius 3 is 2.88 bits per heavy atom. The minimum atomic E-state index is -0.113. The highest BCUT2D eigenvalue weighted by molar-refractivity contribution is 7.18. The van der Waals surface area contributed by atoms with Gasteiger partial charge in [-0.2, -0.15) is 0 Å². The molecule has 1 amide bonds. The van der Waals surface area contributed by atoms with Crippen molar-refractivity contribution in [3.63, 3.8) is 0 Å². The molecule has 1 saturated carbocycles. The number of thiophene rings is 1. The number of aromatic amines is 1. The Hall–Kier alpha value is -1.73. The SMILES string of the molecule is Cc1sc2nc(CCC(=O)NC3CCCCC3CN)[nH]c(=O)c2c1C. The van der Waals surface area contributed by atoms with Crippen molar-refractivity contribution < 1.29 is 4.79 Å². The number of aryl methyl sites for hydroxylation is 3. The van der Waals surface area contributed by atoms with Crippen LogP contribution >= 0.6 is 11.3 Å². The highest BCUT2D eigenvalue weighted by atomic mass is 32.1. The number of carbonyl (C=O) groups is 1. The average Bonchev–Trinajstić information content (AvgIpc) is 2.88. The lowest BCUT2D eigenvalue weighted by Gasteiger charge is -2.31. The molecule has 6 nitrogen and oxygen atoms in total. The van der Waals surface area contributed by atoms with Gasteiger partial charge in [-0.05, 0) is 44.7 Å². The average molecular weight is 362 g/mol. The lowest BCUT2D eigenvalue weighted by molar-refractivity contribution is -0.122. The van der Waals surface area contributed by atoms with Crippen molar-refractivity contribution in [1.82, 2.24) is 15.3 Å². The van der Waals surface area contributed by atoms with Gasteiger partial charge in [0.25, 0.3) is 5.56 Å². The van der Waals surface area contributed by atoms with Crippen LogP contribution in [0.1, 0.15) is 48.4 Å². The van der Waals surface area contributed by atoms with Gasteiger partial charge in [0.2, 0.25) is 5.91 Å². The predicted molar refractivity (Wildman–Crippen MR) is 101 cm³/mol.